The molecule has 0 unspecified atom stereocenters. The first-order chi connectivity index (χ1) is 14.1. The summed E-state index contributed by atoms with van der Waals surface area (Å²) in [6, 6.07) is 17.9. The molecule has 2 aromatic carbocycles. The fourth-order valence-corrected chi connectivity index (χ4v) is 2.63. The van der Waals surface area contributed by atoms with Gasteiger partial charge in [-0.3, -0.25) is 4.79 Å². The van der Waals surface area contributed by atoms with E-state index in [0.717, 1.165) is 0 Å². The van der Waals surface area contributed by atoms with E-state index in [-0.39, 0.29) is 5.82 Å². The summed E-state index contributed by atoms with van der Waals surface area (Å²) in [7, 11) is 1.56. The molecule has 0 fully saturated rings. The molecule has 1 aromatic heterocycles. The fraction of sp³-hybridized carbons (Fsp3) is 0.136. The first-order valence-corrected chi connectivity index (χ1v) is 8.87. The van der Waals surface area contributed by atoms with Crippen molar-refractivity contribution in [1.82, 2.24) is 5.16 Å². The van der Waals surface area contributed by atoms with Crippen LogP contribution in [0.3, 0.4) is 0 Å². The molecule has 0 aliphatic carbocycles. The lowest BCUT2D eigenvalue weighted by molar-refractivity contribution is -0.141. The van der Waals surface area contributed by atoms with Gasteiger partial charge in [0.05, 0.1) is 12.7 Å². The van der Waals surface area contributed by atoms with Crippen LogP contribution in [-0.2, 0) is 14.3 Å². The highest BCUT2D eigenvalue weighted by molar-refractivity contribution is 6.22. The van der Waals surface area contributed by atoms with E-state index < -0.39 is 18.5 Å². The van der Waals surface area contributed by atoms with Crippen molar-refractivity contribution in [2.24, 2.45) is 0 Å². The van der Waals surface area contributed by atoms with E-state index in [0.29, 0.717) is 28.2 Å². The third-order valence-corrected chi connectivity index (χ3v) is 3.97. The summed E-state index contributed by atoms with van der Waals surface area (Å²) in [5, 5.41) is 6.17. The molecule has 3 aromatic rings. The summed E-state index contributed by atoms with van der Waals surface area (Å²) in [5.41, 5.74) is 1.68. The quantitative estimate of drug-likeness (QED) is 0.374. The smallest absolute Gasteiger partial charge is 0.339 e. The molecule has 0 spiro atoms. The predicted molar refractivity (Wildman–Crippen MR) is 108 cm³/mol. The van der Waals surface area contributed by atoms with Gasteiger partial charge < -0.3 is 19.3 Å². The molecule has 0 aliphatic heterocycles. The minimum Gasteiger partial charge on any atom is -0.496 e. The summed E-state index contributed by atoms with van der Waals surface area (Å²) in [6.07, 6.45) is 1.68. The van der Waals surface area contributed by atoms with Gasteiger partial charge in [-0.05, 0) is 24.6 Å². The van der Waals surface area contributed by atoms with E-state index >= 15 is 0 Å². The van der Waals surface area contributed by atoms with Crippen LogP contribution in [0.5, 0.6) is 5.75 Å². The van der Waals surface area contributed by atoms with Crippen molar-refractivity contribution in [2.45, 2.75) is 6.92 Å². The minimum atomic E-state index is -0.631. The third kappa shape index (κ3) is 5.32. The molecule has 1 amide bonds. The number of hydrogen-bond acceptors (Lipinski definition) is 6. The Morgan fingerprint density at radius 3 is 2.52 bits per heavy atom. The van der Waals surface area contributed by atoms with Crippen LogP contribution in [-0.4, -0.2) is 30.7 Å². The molecule has 0 radical (unpaired) electrons. The lowest BCUT2D eigenvalue weighted by atomic mass is 10.0. The highest BCUT2D eigenvalue weighted by Crippen LogP contribution is 2.25. The Bertz CT molecular complexity index is 1020. The fourth-order valence-electron chi connectivity index (χ4n) is 2.63. The number of methoxy groups -OCH3 is 1. The monoisotopic (exact) mass is 392 g/mol. The maximum atomic E-state index is 12.8. The molecule has 0 saturated heterocycles. The Kier molecular flexibility index (Phi) is 6.42. The van der Waals surface area contributed by atoms with Crippen LogP contribution in [0.2, 0.25) is 0 Å². The number of amides is 1. The topological polar surface area (TPSA) is 90.7 Å². The zero-order valence-corrected chi connectivity index (χ0v) is 16.0. The molecule has 29 heavy (non-hydrogen) atoms. The van der Waals surface area contributed by atoms with Crippen molar-refractivity contribution >= 4 is 29.3 Å². The predicted octanol–water partition coefficient (Wildman–Crippen LogP) is 3.71. The molecule has 1 heterocycles. The minimum absolute atomic E-state index is 0.261. The molecule has 0 aliphatic rings. The number of para-hydroxylation sites is 1. The van der Waals surface area contributed by atoms with Crippen molar-refractivity contribution < 1.29 is 23.6 Å². The molecule has 7 nitrogen and oxygen atoms in total. The molecule has 7 heteroatoms. The number of ether oxygens (including phenoxy) is 2. The highest BCUT2D eigenvalue weighted by Gasteiger charge is 2.17. The second-order valence-corrected chi connectivity index (χ2v) is 6.11. The molecule has 148 valence electrons. The van der Waals surface area contributed by atoms with Gasteiger partial charge in [0, 0.05) is 11.6 Å². The molecule has 0 saturated carbocycles. The maximum Gasteiger partial charge on any atom is 0.339 e. The van der Waals surface area contributed by atoms with Gasteiger partial charge in [-0.2, -0.15) is 0 Å². The molecule has 3 rings (SSSR count). The first-order valence-electron chi connectivity index (χ1n) is 8.87. The largest absolute Gasteiger partial charge is 0.496 e. The third-order valence-electron chi connectivity index (χ3n) is 3.97. The van der Waals surface area contributed by atoms with Gasteiger partial charge in [-0.15, -0.1) is 0 Å². The average molecular weight is 392 g/mol. The van der Waals surface area contributed by atoms with E-state index in [4.69, 9.17) is 14.0 Å². The van der Waals surface area contributed by atoms with Crippen molar-refractivity contribution in [3.8, 4) is 5.75 Å². The summed E-state index contributed by atoms with van der Waals surface area (Å²) in [6.45, 7) is 1.25. The number of nitrogens with one attached hydrogen (secondary N) is 1. The molecule has 0 atom stereocenters. The number of aryl methyl sites for hydroxylation is 1. The average Bonchev–Trinajstić information content (AvgIpc) is 3.15. The second-order valence-electron chi connectivity index (χ2n) is 6.11. The lowest BCUT2D eigenvalue weighted by Crippen LogP contribution is -2.21. The Morgan fingerprint density at radius 2 is 1.83 bits per heavy atom. The number of esters is 1. The molecule has 1 N–H and O–H groups in total. The number of anilines is 1. The highest BCUT2D eigenvalue weighted by atomic mass is 16.5. The van der Waals surface area contributed by atoms with Crippen LogP contribution in [0.25, 0.3) is 11.6 Å². The number of aromatic nitrogens is 1. The first kappa shape index (κ1) is 19.9. The van der Waals surface area contributed by atoms with E-state index in [1.165, 1.54) is 0 Å². The van der Waals surface area contributed by atoms with Gasteiger partial charge in [0.2, 0.25) is 0 Å². The van der Waals surface area contributed by atoms with Crippen LogP contribution < -0.4 is 10.1 Å². The van der Waals surface area contributed by atoms with Gasteiger partial charge >= 0.3 is 5.97 Å². The van der Waals surface area contributed by atoms with Gasteiger partial charge in [0.1, 0.15) is 11.5 Å². The van der Waals surface area contributed by atoms with Crippen molar-refractivity contribution in [1.29, 1.82) is 0 Å². The number of nitrogens with zero attached hydrogens (tertiary/aromatic N) is 1. The van der Waals surface area contributed by atoms with Crippen LogP contribution in [0.15, 0.2) is 65.2 Å². The van der Waals surface area contributed by atoms with Crippen LogP contribution in [0.1, 0.15) is 16.9 Å². The maximum absolute atomic E-state index is 12.8. The van der Waals surface area contributed by atoms with Gasteiger partial charge in [0.25, 0.3) is 5.91 Å². The Labute approximate surface area is 167 Å². The van der Waals surface area contributed by atoms with Crippen LogP contribution in [0.4, 0.5) is 5.82 Å². The summed E-state index contributed by atoms with van der Waals surface area (Å²) in [5.74, 6) is 0.289. The summed E-state index contributed by atoms with van der Waals surface area (Å²) in [4.78, 5) is 24.8. The van der Waals surface area contributed by atoms with Crippen molar-refractivity contribution in [3.05, 3.63) is 77.6 Å². The van der Waals surface area contributed by atoms with Gasteiger partial charge in [-0.1, -0.05) is 53.7 Å². The van der Waals surface area contributed by atoms with E-state index in [2.05, 4.69) is 10.5 Å². The molecular formula is C22H20N2O5. The van der Waals surface area contributed by atoms with E-state index in [1.807, 2.05) is 36.4 Å². The zero-order valence-electron chi connectivity index (χ0n) is 16.0. The van der Waals surface area contributed by atoms with Crippen LogP contribution >= 0.6 is 0 Å². The lowest BCUT2D eigenvalue weighted by Gasteiger charge is -2.10. The van der Waals surface area contributed by atoms with Crippen molar-refractivity contribution in [2.75, 3.05) is 19.0 Å². The van der Waals surface area contributed by atoms with Crippen molar-refractivity contribution in [3.63, 3.8) is 0 Å². The second kappa shape index (κ2) is 9.36. The number of carbonyl (C=O) groups is 2. The normalized spacial score (nSPS) is 11.0. The Morgan fingerprint density at radius 1 is 1.10 bits per heavy atom. The Balaban J connectivity index is 1.78. The number of rotatable bonds is 7. The van der Waals surface area contributed by atoms with Crippen LogP contribution in [0, 0.1) is 6.92 Å². The van der Waals surface area contributed by atoms with Gasteiger partial charge in [0.15, 0.2) is 12.4 Å². The number of carbonyl (C=O) groups excluding carboxylic acids is 2. The summed E-state index contributed by atoms with van der Waals surface area (Å²) < 4.78 is 15.5. The zero-order chi connectivity index (χ0) is 20.6. The molecular weight excluding hydrogens is 372 g/mol. The number of benzene rings is 2. The Hall–Kier alpha value is -3.87. The van der Waals surface area contributed by atoms with Gasteiger partial charge in [-0.25, -0.2) is 4.79 Å². The number of hydrogen-bond donors (Lipinski definition) is 1. The SMILES string of the molecule is COc1ccccc1/C=C(/C(=O)OCC(=O)Nc1cc(C)on1)c1ccccc1. The van der Waals surface area contributed by atoms with E-state index in [1.54, 1.807) is 44.4 Å². The summed E-state index contributed by atoms with van der Waals surface area (Å²) >= 11 is 0. The van der Waals surface area contributed by atoms with E-state index in [9.17, 15) is 9.59 Å². The molecule has 0 bridgehead atoms. The standard InChI is InChI=1S/C22H20N2O5/c1-15-12-20(24-29-15)23-21(25)14-28-22(26)18(16-8-4-3-5-9-16)13-17-10-6-7-11-19(17)27-2/h3-13H,14H2,1-2H3,(H,23,24,25)/b18-13+.